The number of primary amides is 1. The van der Waals surface area contributed by atoms with Crippen molar-refractivity contribution < 1.29 is 27.4 Å². The lowest BCUT2D eigenvalue weighted by atomic mass is 10.00. The Morgan fingerprint density at radius 3 is 2.68 bits per heavy atom. The highest BCUT2D eigenvalue weighted by atomic mass is 19.4. The highest BCUT2D eigenvalue weighted by Gasteiger charge is 2.37. The van der Waals surface area contributed by atoms with Crippen molar-refractivity contribution in [1.29, 1.82) is 0 Å². The second kappa shape index (κ2) is 12.1. The number of fused-ring (bicyclic) bond motifs is 1. The lowest BCUT2D eigenvalue weighted by Crippen LogP contribution is -2.51. The first-order valence-corrected chi connectivity index (χ1v) is 12.5. The fourth-order valence-corrected chi connectivity index (χ4v) is 4.69. The average Bonchev–Trinajstić information content (AvgIpc) is 3.29. The van der Waals surface area contributed by atoms with E-state index in [9.17, 15) is 18.0 Å². The maximum atomic E-state index is 13.5. The van der Waals surface area contributed by atoms with Gasteiger partial charge in [-0.3, -0.25) is 14.7 Å². The van der Waals surface area contributed by atoms with Crippen LogP contribution in [0.5, 0.6) is 0 Å². The number of alkyl halides is 3. The average molecular weight is 535 g/mol. The van der Waals surface area contributed by atoms with Crippen molar-refractivity contribution in [3.63, 3.8) is 0 Å². The van der Waals surface area contributed by atoms with Gasteiger partial charge in [0.05, 0.1) is 38.3 Å². The van der Waals surface area contributed by atoms with Crippen molar-refractivity contribution in [2.75, 3.05) is 50.9 Å². The maximum Gasteiger partial charge on any atom is 0.405 e. The zero-order valence-corrected chi connectivity index (χ0v) is 21.5. The number of pyridine rings is 2. The lowest BCUT2D eigenvalue weighted by molar-refractivity contribution is -0.126. The molecule has 1 aliphatic heterocycles. The second-order valence-corrected chi connectivity index (χ2v) is 9.71. The number of anilines is 1. The number of nitrogens with one attached hydrogen (secondary N) is 1. The van der Waals surface area contributed by atoms with Crippen LogP contribution in [0.25, 0.3) is 22.2 Å². The molecule has 1 aliphatic rings. The number of rotatable bonds is 11. The first-order valence-electron chi connectivity index (χ1n) is 12.5. The zero-order valence-electron chi connectivity index (χ0n) is 21.5. The highest BCUT2D eigenvalue weighted by molar-refractivity contribution is 5.94. The third-order valence-electron chi connectivity index (χ3n) is 6.49. The summed E-state index contributed by atoms with van der Waals surface area (Å²) < 4.78 is 51.7. The Balaban J connectivity index is 1.56. The summed E-state index contributed by atoms with van der Waals surface area (Å²) in [6.07, 6.45) is 1.81. The molecule has 206 valence electrons. The number of H-pyrrole nitrogens is 1. The lowest BCUT2D eigenvalue weighted by Gasteiger charge is -2.34. The molecule has 0 aromatic carbocycles. The SMILES string of the molecule is CC(C)[C@H](C(N)=O)N(CC(F)(F)F)c1cncc(-c2c[nH]c3ncc(COCCN4CCOCC4)cc23)c1. The van der Waals surface area contributed by atoms with Crippen molar-refractivity contribution in [2.45, 2.75) is 32.7 Å². The molecule has 3 N–H and O–H groups in total. The molecular weight excluding hydrogens is 501 g/mol. The first-order chi connectivity index (χ1) is 18.1. The maximum absolute atomic E-state index is 13.5. The van der Waals surface area contributed by atoms with E-state index in [2.05, 4.69) is 19.9 Å². The van der Waals surface area contributed by atoms with Crippen molar-refractivity contribution in [3.8, 4) is 11.1 Å². The van der Waals surface area contributed by atoms with E-state index < -0.39 is 30.6 Å². The van der Waals surface area contributed by atoms with Crippen LogP contribution in [0, 0.1) is 5.92 Å². The third-order valence-corrected chi connectivity index (χ3v) is 6.49. The van der Waals surface area contributed by atoms with Crippen LogP contribution < -0.4 is 10.6 Å². The van der Waals surface area contributed by atoms with Gasteiger partial charge >= 0.3 is 6.18 Å². The summed E-state index contributed by atoms with van der Waals surface area (Å²) in [6.45, 7) is 7.04. The number of nitrogens with zero attached hydrogens (tertiary/aromatic N) is 4. The molecule has 0 unspecified atom stereocenters. The number of nitrogens with two attached hydrogens (primary N) is 1. The van der Waals surface area contributed by atoms with Crippen molar-refractivity contribution >= 4 is 22.6 Å². The van der Waals surface area contributed by atoms with Crippen LogP contribution in [-0.2, 0) is 20.9 Å². The fourth-order valence-electron chi connectivity index (χ4n) is 4.69. The number of hydrogen-bond acceptors (Lipinski definition) is 7. The van der Waals surface area contributed by atoms with Gasteiger partial charge in [0.15, 0.2) is 0 Å². The van der Waals surface area contributed by atoms with Gasteiger partial charge in [-0.05, 0) is 23.6 Å². The smallest absolute Gasteiger partial charge is 0.379 e. The molecule has 3 aromatic rings. The summed E-state index contributed by atoms with van der Waals surface area (Å²) in [5.41, 5.74) is 8.48. The molecule has 9 nitrogen and oxygen atoms in total. The first kappa shape index (κ1) is 27.8. The molecule has 1 fully saturated rings. The van der Waals surface area contributed by atoms with E-state index >= 15 is 0 Å². The van der Waals surface area contributed by atoms with Crippen LogP contribution >= 0.6 is 0 Å². The summed E-state index contributed by atoms with van der Waals surface area (Å²) in [6, 6.07) is 2.38. The van der Waals surface area contributed by atoms with Gasteiger partial charge in [0.1, 0.15) is 18.2 Å². The number of amides is 1. The Morgan fingerprint density at radius 2 is 2.00 bits per heavy atom. The number of halogens is 3. The molecule has 0 radical (unpaired) electrons. The van der Waals surface area contributed by atoms with Gasteiger partial charge in [-0.25, -0.2) is 4.98 Å². The standard InChI is InChI=1S/C26H33F3N6O3/c1-17(2)23(24(30)36)35(16-26(27,28)29)20-10-19(12-31-13-20)22-14-33-25-21(22)9-18(11-32-25)15-38-8-5-34-3-6-37-7-4-34/h9-14,17,23H,3-8,15-16H2,1-2H3,(H2,30,36)(H,32,33)/t23-/m1/s1. The van der Waals surface area contributed by atoms with E-state index in [0.29, 0.717) is 24.4 Å². The molecule has 1 saturated heterocycles. The summed E-state index contributed by atoms with van der Waals surface area (Å²) in [7, 11) is 0. The monoisotopic (exact) mass is 534 g/mol. The van der Waals surface area contributed by atoms with Gasteiger partial charge < -0.3 is 25.1 Å². The van der Waals surface area contributed by atoms with E-state index in [1.165, 1.54) is 6.20 Å². The normalized spacial score (nSPS) is 15.7. The number of morpholine rings is 1. The summed E-state index contributed by atoms with van der Waals surface area (Å²) in [4.78, 5) is 27.2. The van der Waals surface area contributed by atoms with Gasteiger partial charge in [0, 0.05) is 54.7 Å². The second-order valence-electron chi connectivity index (χ2n) is 9.71. The Labute approximate surface area is 219 Å². The Bertz CT molecular complexity index is 1230. The van der Waals surface area contributed by atoms with E-state index in [1.54, 1.807) is 38.5 Å². The number of ether oxygens (including phenoxy) is 2. The highest BCUT2D eigenvalue weighted by Crippen LogP contribution is 2.33. The summed E-state index contributed by atoms with van der Waals surface area (Å²) in [5, 5.41) is 0.788. The van der Waals surface area contributed by atoms with Crippen LogP contribution in [0.2, 0.25) is 0 Å². The molecule has 4 rings (SSSR count). The van der Waals surface area contributed by atoms with Gasteiger partial charge in [-0.1, -0.05) is 13.8 Å². The van der Waals surface area contributed by atoms with Crippen molar-refractivity contribution in [1.82, 2.24) is 19.9 Å². The van der Waals surface area contributed by atoms with E-state index in [-0.39, 0.29) is 5.69 Å². The molecule has 38 heavy (non-hydrogen) atoms. The van der Waals surface area contributed by atoms with Crippen molar-refractivity contribution in [3.05, 3.63) is 42.5 Å². The molecule has 1 atom stereocenters. The molecule has 0 bridgehead atoms. The molecular formula is C26H33F3N6O3. The van der Waals surface area contributed by atoms with Crippen LogP contribution in [0.4, 0.5) is 18.9 Å². The van der Waals surface area contributed by atoms with Gasteiger partial charge in [0.25, 0.3) is 0 Å². The molecule has 0 spiro atoms. The fraction of sp³-hybridized carbons (Fsp3) is 0.500. The largest absolute Gasteiger partial charge is 0.405 e. The van der Waals surface area contributed by atoms with Crippen LogP contribution in [-0.4, -0.2) is 84.0 Å². The quantitative estimate of drug-likeness (QED) is 0.363. The minimum Gasteiger partial charge on any atom is -0.379 e. The predicted octanol–water partition coefficient (Wildman–Crippen LogP) is 3.35. The molecule has 12 heteroatoms. The number of carbonyl (C=O) groups is 1. The van der Waals surface area contributed by atoms with E-state index in [1.807, 2.05) is 6.07 Å². The topological polar surface area (TPSA) is 110 Å². The van der Waals surface area contributed by atoms with Gasteiger partial charge in [-0.15, -0.1) is 0 Å². The molecule has 0 saturated carbocycles. The molecule has 0 aliphatic carbocycles. The van der Waals surface area contributed by atoms with Crippen LogP contribution in [0.15, 0.2) is 36.9 Å². The van der Waals surface area contributed by atoms with E-state index in [0.717, 1.165) is 54.3 Å². The molecule has 1 amide bonds. The number of carbonyl (C=O) groups excluding carboxylic acids is 1. The Morgan fingerprint density at radius 1 is 1.24 bits per heavy atom. The molecule has 4 heterocycles. The van der Waals surface area contributed by atoms with Gasteiger partial charge in [0.2, 0.25) is 5.91 Å². The minimum atomic E-state index is -4.54. The molecule has 3 aromatic heterocycles. The van der Waals surface area contributed by atoms with E-state index in [4.69, 9.17) is 15.2 Å². The predicted molar refractivity (Wildman–Crippen MR) is 137 cm³/mol. The van der Waals surface area contributed by atoms with Crippen LogP contribution in [0.3, 0.4) is 0 Å². The summed E-state index contributed by atoms with van der Waals surface area (Å²) in [5.74, 6) is -1.27. The Hall–Kier alpha value is -3.22. The van der Waals surface area contributed by atoms with Crippen LogP contribution in [0.1, 0.15) is 19.4 Å². The zero-order chi connectivity index (χ0) is 27.3. The number of aromatic nitrogens is 3. The minimum absolute atomic E-state index is 0.155. The Kier molecular flexibility index (Phi) is 8.85. The van der Waals surface area contributed by atoms with Crippen molar-refractivity contribution in [2.24, 2.45) is 11.7 Å². The number of hydrogen-bond donors (Lipinski definition) is 2. The third kappa shape index (κ3) is 7.00. The summed E-state index contributed by atoms with van der Waals surface area (Å²) >= 11 is 0. The number of aromatic amines is 1. The van der Waals surface area contributed by atoms with Gasteiger partial charge in [-0.2, -0.15) is 13.2 Å².